The van der Waals surface area contributed by atoms with Crippen molar-refractivity contribution in [1.82, 2.24) is 4.90 Å². The first-order valence-electron chi connectivity index (χ1n) is 8.36. The van der Waals surface area contributed by atoms with Crippen LogP contribution in [0.3, 0.4) is 0 Å². The van der Waals surface area contributed by atoms with Crippen molar-refractivity contribution >= 4 is 46.2 Å². The Morgan fingerprint density at radius 1 is 1.21 bits per heavy atom. The Balaban J connectivity index is 1.78. The van der Waals surface area contributed by atoms with Gasteiger partial charge in [-0.2, -0.15) is 0 Å². The molecule has 0 unspecified atom stereocenters. The SMILES string of the molecule is COc1cc(/C=C2/SC(=S)N(Cc3ccccc3)C2=O)ccc1OCC(N)=O. The lowest BCUT2D eigenvalue weighted by molar-refractivity contribution is -0.122. The molecule has 6 nitrogen and oxygen atoms in total. The smallest absolute Gasteiger partial charge is 0.266 e. The van der Waals surface area contributed by atoms with E-state index in [4.69, 9.17) is 27.4 Å². The first kappa shape index (κ1) is 19.9. The van der Waals surface area contributed by atoms with Crippen molar-refractivity contribution < 1.29 is 19.1 Å². The molecule has 3 rings (SSSR count). The minimum Gasteiger partial charge on any atom is -0.493 e. The second kappa shape index (κ2) is 8.90. The van der Waals surface area contributed by atoms with Gasteiger partial charge in [0.15, 0.2) is 18.1 Å². The molecule has 1 fully saturated rings. The summed E-state index contributed by atoms with van der Waals surface area (Å²) in [7, 11) is 1.50. The van der Waals surface area contributed by atoms with Gasteiger partial charge in [0, 0.05) is 0 Å². The van der Waals surface area contributed by atoms with Crippen LogP contribution >= 0.6 is 24.0 Å². The van der Waals surface area contributed by atoms with Gasteiger partial charge in [0.1, 0.15) is 4.32 Å². The monoisotopic (exact) mass is 414 g/mol. The predicted molar refractivity (Wildman–Crippen MR) is 113 cm³/mol. The van der Waals surface area contributed by atoms with Gasteiger partial charge in [0.05, 0.1) is 18.6 Å². The molecule has 28 heavy (non-hydrogen) atoms. The zero-order valence-corrected chi connectivity index (χ0v) is 16.7. The number of nitrogens with zero attached hydrogens (tertiary/aromatic N) is 1. The van der Waals surface area contributed by atoms with Crippen molar-refractivity contribution in [3.63, 3.8) is 0 Å². The second-order valence-electron chi connectivity index (χ2n) is 5.92. The zero-order valence-electron chi connectivity index (χ0n) is 15.1. The number of amides is 2. The molecule has 0 aromatic heterocycles. The molecule has 2 N–H and O–H groups in total. The molecule has 1 heterocycles. The van der Waals surface area contributed by atoms with E-state index in [0.29, 0.717) is 27.3 Å². The van der Waals surface area contributed by atoms with Gasteiger partial charge in [-0.1, -0.05) is 60.4 Å². The van der Waals surface area contributed by atoms with E-state index in [1.54, 1.807) is 29.2 Å². The highest BCUT2D eigenvalue weighted by Crippen LogP contribution is 2.35. The molecule has 0 aliphatic carbocycles. The summed E-state index contributed by atoms with van der Waals surface area (Å²) in [5.41, 5.74) is 6.86. The number of benzene rings is 2. The molecule has 0 radical (unpaired) electrons. The lowest BCUT2D eigenvalue weighted by Gasteiger charge is -2.14. The van der Waals surface area contributed by atoms with Crippen LogP contribution in [0.4, 0.5) is 0 Å². The van der Waals surface area contributed by atoms with E-state index in [2.05, 4.69) is 0 Å². The Labute approximate surface area is 172 Å². The molecule has 2 aromatic rings. The first-order chi connectivity index (χ1) is 13.5. The molecule has 1 aliphatic heterocycles. The molecule has 2 aromatic carbocycles. The fourth-order valence-corrected chi connectivity index (χ4v) is 3.85. The van der Waals surface area contributed by atoms with Crippen molar-refractivity contribution in [2.45, 2.75) is 6.54 Å². The average Bonchev–Trinajstić information content (AvgIpc) is 2.95. The van der Waals surface area contributed by atoms with Gasteiger partial charge in [-0.05, 0) is 29.3 Å². The summed E-state index contributed by atoms with van der Waals surface area (Å²) >= 11 is 6.64. The molecule has 0 atom stereocenters. The molecule has 0 saturated carbocycles. The van der Waals surface area contributed by atoms with E-state index in [1.165, 1.54) is 18.9 Å². The van der Waals surface area contributed by atoms with Crippen molar-refractivity contribution in [2.24, 2.45) is 5.73 Å². The third-order valence-corrected chi connectivity index (χ3v) is 5.29. The summed E-state index contributed by atoms with van der Waals surface area (Å²) in [6.45, 7) is 0.194. The Morgan fingerprint density at radius 3 is 2.64 bits per heavy atom. The Bertz CT molecular complexity index is 944. The van der Waals surface area contributed by atoms with Crippen LogP contribution < -0.4 is 15.2 Å². The van der Waals surface area contributed by atoms with E-state index in [-0.39, 0.29) is 12.5 Å². The molecule has 0 spiro atoms. The van der Waals surface area contributed by atoms with Crippen LogP contribution in [0, 0.1) is 0 Å². The molecule has 0 bridgehead atoms. The summed E-state index contributed by atoms with van der Waals surface area (Å²) in [4.78, 5) is 25.8. The van der Waals surface area contributed by atoms with Gasteiger partial charge in [-0.25, -0.2) is 0 Å². The number of methoxy groups -OCH3 is 1. The Morgan fingerprint density at radius 2 is 1.96 bits per heavy atom. The standard InChI is InChI=1S/C20H18N2O4S2/c1-25-16-9-14(7-8-15(16)26-12-18(21)23)10-17-19(24)22(20(27)28-17)11-13-5-3-2-4-6-13/h2-10H,11-12H2,1H3,(H2,21,23)/b17-10+. The number of rotatable bonds is 7. The summed E-state index contributed by atoms with van der Waals surface area (Å²) in [6.07, 6.45) is 1.75. The summed E-state index contributed by atoms with van der Waals surface area (Å²) in [5, 5.41) is 0. The van der Waals surface area contributed by atoms with Gasteiger partial charge < -0.3 is 15.2 Å². The summed E-state index contributed by atoms with van der Waals surface area (Å²) in [5.74, 6) is 0.130. The fraction of sp³-hybridized carbons (Fsp3) is 0.150. The van der Waals surface area contributed by atoms with Crippen molar-refractivity contribution in [3.8, 4) is 11.5 Å². The maximum absolute atomic E-state index is 12.8. The van der Waals surface area contributed by atoms with E-state index in [0.717, 1.165) is 11.1 Å². The van der Waals surface area contributed by atoms with Gasteiger partial charge >= 0.3 is 0 Å². The number of ether oxygens (including phenoxy) is 2. The van der Waals surface area contributed by atoms with Crippen LogP contribution in [0.25, 0.3) is 6.08 Å². The van der Waals surface area contributed by atoms with Crippen LogP contribution in [-0.2, 0) is 16.1 Å². The number of carbonyl (C=O) groups is 2. The molecule has 2 amide bonds. The number of hydrogen-bond acceptors (Lipinski definition) is 6. The van der Waals surface area contributed by atoms with E-state index < -0.39 is 5.91 Å². The lowest BCUT2D eigenvalue weighted by Crippen LogP contribution is -2.27. The lowest BCUT2D eigenvalue weighted by atomic mass is 10.1. The number of thiocarbonyl (C=S) groups is 1. The molecule has 8 heteroatoms. The number of thioether (sulfide) groups is 1. The quantitative estimate of drug-likeness (QED) is 0.554. The third kappa shape index (κ3) is 4.71. The number of hydrogen-bond donors (Lipinski definition) is 1. The largest absolute Gasteiger partial charge is 0.493 e. The number of nitrogens with two attached hydrogens (primary N) is 1. The highest BCUT2D eigenvalue weighted by atomic mass is 32.2. The zero-order chi connectivity index (χ0) is 20.1. The maximum atomic E-state index is 12.8. The van der Waals surface area contributed by atoms with Gasteiger partial charge in [0.25, 0.3) is 11.8 Å². The highest BCUT2D eigenvalue weighted by molar-refractivity contribution is 8.26. The molecular weight excluding hydrogens is 396 g/mol. The van der Waals surface area contributed by atoms with E-state index >= 15 is 0 Å². The van der Waals surface area contributed by atoms with E-state index in [9.17, 15) is 9.59 Å². The predicted octanol–water partition coefficient (Wildman–Crippen LogP) is 2.96. The molecular formula is C20H18N2O4S2. The van der Waals surface area contributed by atoms with Crippen LogP contribution in [0.5, 0.6) is 11.5 Å². The maximum Gasteiger partial charge on any atom is 0.266 e. The minimum atomic E-state index is -0.576. The van der Waals surface area contributed by atoms with Gasteiger partial charge in [-0.15, -0.1) is 0 Å². The van der Waals surface area contributed by atoms with Crippen LogP contribution in [0.15, 0.2) is 53.4 Å². The fourth-order valence-electron chi connectivity index (χ4n) is 2.60. The minimum absolute atomic E-state index is 0.133. The Hall–Kier alpha value is -2.84. The van der Waals surface area contributed by atoms with Gasteiger partial charge in [0.2, 0.25) is 0 Å². The second-order valence-corrected chi connectivity index (χ2v) is 7.59. The van der Waals surface area contributed by atoms with Gasteiger partial charge in [-0.3, -0.25) is 14.5 Å². The normalized spacial score (nSPS) is 15.2. The molecule has 1 saturated heterocycles. The van der Waals surface area contributed by atoms with Crippen LogP contribution in [-0.4, -0.2) is 34.8 Å². The number of carbonyl (C=O) groups excluding carboxylic acids is 2. The van der Waals surface area contributed by atoms with Crippen LogP contribution in [0.2, 0.25) is 0 Å². The molecule has 1 aliphatic rings. The Kier molecular flexibility index (Phi) is 6.33. The topological polar surface area (TPSA) is 81.9 Å². The summed E-state index contributed by atoms with van der Waals surface area (Å²) in [6, 6.07) is 14.8. The summed E-state index contributed by atoms with van der Waals surface area (Å²) < 4.78 is 11.1. The van der Waals surface area contributed by atoms with Crippen molar-refractivity contribution in [3.05, 3.63) is 64.6 Å². The van der Waals surface area contributed by atoms with Crippen LogP contribution in [0.1, 0.15) is 11.1 Å². The van der Waals surface area contributed by atoms with Crippen molar-refractivity contribution in [1.29, 1.82) is 0 Å². The van der Waals surface area contributed by atoms with Crippen molar-refractivity contribution in [2.75, 3.05) is 13.7 Å². The average molecular weight is 415 g/mol. The highest BCUT2D eigenvalue weighted by Gasteiger charge is 2.32. The third-order valence-electron chi connectivity index (χ3n) is 3.91. The van der Waals surface area contributed by atoms with E-state index in [1.807, 2.05) is 30.3 Å². The first-order valence-corrected chi connectivity index (χ1v) is 9.59. The molecule has 144 valence electrons. The number of primary amides is 1.